The van der Waals surface area contributed by atoms with E-state index in [1.54, 1.807) is 6.07 Å². The van der Waals surface area contributed by atoms with Crippen molar-refractivity contribution in [2.45, 2.75) is 38.8 Å². The Morgan fingerprint density at radius 1 is 1.24 bits per heavy atom. The van der Waals surface area contributed by atoms with E-state index in [4.69, 9.17) is 16.3 Å². The van der Waals surface area contributed by atoms with Gasteiger partial charge >= 0.3 is 0 Å². The zero-order chi connectivity index (χ0) is 21.6. The van der Waals surface area contributed by atoms with Gasteiger partial charge in [0.1, 0.15) is 11.4 Å². The van der Waals surface area contributed by atoms with Crippen molar-refractivity contribution in [1.29, 1.82) is 0 Å². The Balaban J connectivity index is 1.94. The van der Waals surface area contributed by atoms with E-state index < -0.39 is 15.6 Å². The second kappa shape index (κ2) is 7.54. The summed E-state index contributed by atoms with van der Waals surface area (Å²) in [5.41, 5.74) is 2.13. The minimum absolute atomic E-state index is 0.221. The third-order valence-electron chi connectivity index (χ3n) is 4.98. The van der Waals surface area contributed by atoms with Crippen molar-refractivity contribution >= 4 is 33.2 Å². The van der Waals surface area contributed by atoms with E-state index in [9.17, 15) is 13.2 Å². The molecular weight excluding hydrogens is 412 g/mol. The van der Waals surface area contributed by atoms with Crippen LogP contribution in [-0.4, -0.2) is 33.2 Å². The molecule has 0 aliphatic carbocycles. The monoisotopic (exact) mass is 436 g/mol. The highest BCUT2D eigenvalue weighted by Crippen LogP contribution is 2.40. The number of ether oxygens (including phenoxy) is 1. The Morgan fingerprint density at radius 3 is 2.59 bits per heavy atom. The number of hydrogen-bond donors (Lipinski definition) is 1. The van der Waals surface area contributed by atoms with Crippen LogP contribution in [0, 0.1) is 6.92 Å². The Kier molecular flexibility index (Phi) is 5.58. The fourth-order valence-corrected chi connectivity index (χ4v) is 4.11. The normalized spacial score (nSPS) is 17.8. The summed E-state index contributed by atoms with van der Waals surface area (Å²) in [6, 6.07) is 10.2. The fourth-order valence-electron chi connectivity index (χ4n) is 3.41. The summed E-state index contributed by atoms with van der Waals surface area (Å²) < 4.78 is 30.8. The van der Waals surface area contributed by atoms with Gasteiger partial charge in [-0.25, -0.2) is 8.42 Å². The number of halogens is 1. The number of rotatable bonds is 4. The molecule has 0 radical (unpaired) electrons. The molecule has 3 rings (SSSR count). The van der Waals surface area contributed by atoms with E-state index in [0.29, 0.717) is 12.1 Å². The molecule has 8 heteroatoms. The molecule has 0 aromatic heterocycles. The van der Waals surface area contributed by atoms with E-state index in [2.05, 4.69) is 5.32 Å². The molecule has 1 heterocycles. The first-order valence-electron chi connectivity index (χ1n) is 9.21. The molecule has 1 atom stereocenters. The highest BCUT2D eigenvalue weighted by molar-refractivity contribution is 7.92. The van der Waals surface area contributed by atoms with E-state index in [1.807, 2.05) is 39.0 Å². The molecule has 0 saturated heterocycles. The third-order valence-corrected chi connectivity index (χ3v) is 6.52. The van der Waals surface area contributed by atoms with Gasteiger partial charge in [-0.3, -0.25) is 9.10 Å². The topological polar surface area (TPSA) is 75.7 Å². The molecule has 0 bridgehead atoms. The first kappa shape index (κ1) is 21.5. The van der Waals surface area contributed by atoms with Crippen LogP contribution in [0.3, 0.4) is 0 Å². The van der Waals surface area contributed by atoms with Crippen LogP contribution in [0.25, 0.3) is 0 Å². The Bertz CT molecular complexity index is 1070. The van der Waals surface area contributed by atoms with Crippen molar-refractivity contribution in [2.75, 3.05) is 17.6 Å². The van der Waals surface area contributed by atoms with Crippen LogP contribution < -0.4 is 14.4 Å². The maximum atomic E-state index is 13.1. The maximum absolute atomic E-state index is 13.1. The van der Waals surface area contributed by atoms with Crippen LogP contribution in [-0.2, 0) is 10.0 Å². The number of hydrogen-bond acceptors (Lipinski definition) is 4. The smallest absolute Gasteiger partial charge is 0.253 e. The highest BCUT2D eigenvalue weighted by atomic mass is 35.5. The van der Waals surface area contributed by atoms with Crippen LogP contribution >= 0.6 is 11.6 Å². The lowest BCUT2D eigenvalue weighted by atomic mass is 9.88. The molecule has 156 valence electrons. The van der Waals surface area contributed by atoms with Gasteiger partial charge in [-0.05, 0) is 45.0 Å². The van der Waals surface area contributed by atoms with Gasteiger partial charge in [0, 0.05) is 19.0 Å². The molecule has 0 fully saturated rings. The first-order chi connectivity index (χ1) is 13.4. The van der Waals surface area contributed by atoms with Gasteiger partial charge < -0.3 is 10.1 Å². The molecule has 29 heavy (non-hydrogen) atoms. The van der Waals surface area contributed by atoms with Crippen molar-refractivity contribution < 1.29 is 17.9 Å². The molecule has 1 aliphatic rings. The Labute approximate surface area is 176 Å². The molecule has 6 nitrogen and oxygen atoms in total. The zero-order valence-corrected chi connectivity index (χ0v) is 18.7. The van der Waals surface area contributed by atoms with Crippen molar-refractivity contribution in [2.24, 2.45) is 0 Å². The minimum atomic E-state index is -3.46. The number of aryl methyl sites for hydroxylation is 1. The van der Waals surface area contributed by atoms with Gasteiger partial charge in [-0.2, -0.15) is 0 Å². The number of fused-ring (bicyclic) bond motifs is 1. The molecule has 0 saturated carbocycles. The number of carbonyl (C=O) groups excluding carboxylic acids is 1. The van der Waals surface area contributed by atoms with Crippen LogP contribution in [0.5, 0.6) is 5.75 Å². The van der Waals surface area contributed by atoms with Crippen LogP contribution in [0.2, 0.25) is 5.02 Å². The summed E-state index contributed by atoms with van der Waals surface area (Å²) in [6.07, 6.45) is 1.69. The zero-order valence-electron chi connectivity index (χ0n) is 17.1. The standard InChI is InChI=1S/C21H25ClN2O4S/c1-13-6-9-19-16(10-13)18(12-21(2,3)28-19)23-20(25)15-11-14(7-8-17(15)22)24(4)29(5,26)27/h6-11,18H,12H2,1-5H3,(H,23,25). The van der Waals surface area contributed by atoms with Gasteiger partial charge in [0.2, 0.25) is 10.0 Å². The van der Waals surface area contributed by atoms with E-state index in [1.165, 1.54) is 19.2 Å². The molecule has 1 aliphatic heterocycles. The summed E-state index contributed by atoms with van der Waals surface area (Å²) in [5, 5.41) is 3.30. The first-order valence-corrected chi connectivity index (χ1v) is 11.4. The van der Waals surface area contributed by atoms with Crippen LogP contribution in [0.1, 0.15) is 47.8 Å². The van der Waals surface area contributed by atoms with Gasteiger partial charge in [-0.1, -0.05) is 29.3 Å². The van der Waals surface area contributed by atoms with Gasteiger partial charge in [0.05, 0.1) is 28.6 Å². The minimum Gasteiger partial charge on any atom is -0.487 e. The summed E-state index contributed by atoms with van der Waals surface area (Å²) >= 11 is 6.26. The predicted molar refractivity (Wildman–Crippen MR) is 115 cm³/mol. The summed E-state index contributed by atoms with van der Waals surface area (Å²) in [4.78, 5) is 13.1. The van der Waals surface area contributed by atoms with Crippen LogP contribution in [0.15, 0.2) is 36.4 Å². The second-order valence-corrected chi connectivity index (χ2v) is 10.4. The SMILES string of the molecule is Cc1ccc2c(c1)C(NC(=O)c1cc(N(C)S(C)(=O)=O)ccc1Cl)CC(C)(C)O2. The molecule has 2 aromatic carbocycles. The Hall–Kier alpha value is -2.25. The van der Waals surface area contributed by atoms with Crippen molar-refractivity contribution in [3.63, 3.8) is 0 Å². The van der Waals surface area contributed by atoms with Crippen molar-refractivity contribution in [1.82, 2.24) is 5.32 Å². The molecule has 1 amide bonds. The largest absolute Gasteiger partial charge is 0.487 e. The quantitative estimate of drug-likeness (QED) is 0.783. The van der Waals surface area contributed by atoms with Gasteiger partial charge in [0.25, 0.3) is 5.91 Å². The molecule has 1 N–H and O–H groups in total. The highest BCUT2D eigenvalue weighted by Gasteiger charge is 2.35. The summed E-state index contributed by atoms with van der Waals surface area (Å²) in [5.74, 6) is 0.378. The molecular formula is C21H25ClN2O4S. The maximum Gasteiger partial charge on any atom is 0.253 e. The number of amides is 1. The van der Waals surface area contributed by atoms with E-state index in [0.717, 1.165) is 27.4 Å². The fraction of sp³-hybridized carbons (Fsp3) is 0.381. The molecule has 1 unspecified atom stereocenters. The average molecular weight is 437 g/mol. The van der Waals surface area contributed by atoms with Gasteiger partial charge in [-0.15, -0.1) is 0 Å². The van der Waals surface area contributed by atoms with Crippen molar-refractivity contribution in [3.8, 4) is 5.75 Å². The average Bonchev–Trinajstić information content (AvgIpc) is 2.60. The van der Waals surface area contributed by atoms with Gasteiger partial charge in [0.15, 0.2) is 0 Å². The number of nitrogens with zero attached hydrogens (tertiary/aromatic N) is 1. The Morgan fingerprint density at radius 2 is 1.93 bits per heavy atom. The molecule has 2 aromatic rings. The summed E-state index contributed by atoms with van der Waals surface area (Å²) in [7, 11) is -2.03. The second-order valence-electron chi connectivity index (χ2n) is 8.03. The van der Waals surface area contributed by atoms with E-state index in [-0.39, 0.29) is 22.5 Å². The summed E-state index contributed by atoms with van der Waals surface area (Å²) in [6.45, 7) is 5.94. The number of anilines is 1. The number of sulfonamides is 1. The predicted octanol–water partition coefficient (Wildman–Crippen LogP) is 4.08. The third kappa shape index (κ3) is 4.67. The lowest BCUT2D eigenvalue weighted by Gasteiger charge is -2.38. The number of benzene rings is 2. The van der Waals surface area contributed by atoms with Crippen LogP contribution in [0.4, 0.5) is 5.69 Å². The number of carbonyl (C=O) groups is 1. The van der Waals surface area contributed by atoms with E-state index >= 15 is 0 Å². The van der Waals surface area contributed by atoms with Crippen molar-refractivity contribution in [3.05, 3.63) is 58.1 Å². The number of nitrogens with one attached hydrogen (secondary N) is 1. The lowest BCUT2D eigenvalue weighted by molar-refractivity contribution is 0.0619. The molecule has 0 spiro atoms. The lowest BCUT2D eigenvalue weighted by Crippen LogP contribution is -2.41.